The molecule has 0 saturated heterocycles. The van der Waals surface area contributed by atoms with E-state index in [2.05, 4.69) is 10.2 Å². The molecule has 1 aromatic rings. The van der Waals surface area contributed by atoms with Gasteiger partial charge in [0.2, 0.25) is 0 Å². The van der Waals surface area contributed by atoms with Crippen molar-refractivity contribution in [3.05, 3.63) is 11.9 Å². The van der Waals surface area contributed by atoms with Crippen LogP contribution in [-0.2, 0) is 11.8 Å². The van der Waals surface area contributed by atoms with Gasteiger partial charge in [0.15, 0.2) is 0 Å². The Hall–Kier alpha value is -1.43. The molecule has 0 aliphatic heterocycles. The second kappa shape index (κ2) is 2.67. The summed E-state index contributed by atoms with van der Waals surface area (Å²) in [5.41, 5.74) is 5.50. The standard InChI is InChI=1S/C5H8N4O2/c1-9-7-2-3(8-9)4(6)5(10)11/h2,4H,6H2,1H3,(H,10,11). The van der Waals surface area contributed by atoms with Crippen LogP contribution in [0, 0.1) is 0 Å². The molecule has 60 valence electrons. The smallest absolute Gasteiger partial charge is 0.326 e. The predicted molar refractivity (Wildman–Crippen MR) is 35.6 cm³/mol. The molecular formula is C5H8N4O2. The van der Waals surface area contributed by atoms with Crippen molar-refractivity contribution >= 4 is 5.97 Å². The summed E-state index contributed by atoms with van der Waals surface area (Å²) in [4.78, 5) is 11.6. The minimum Gasteiger partial charge on any atom is -0.480 e. The van der Waals surface area contributed by atoms with Gasteiger partial charge in [-0.2, -0.15) is 15.0 Å². The average molecular weight is 156 g/mol. The van der Waals surface area contributed by atoms with Crippen LogP contribution in [0.1, 0.15) is 11.7 Å². The normalized spacial score (nSPS) is 12.9. The van der Waals surface area contributed by atoms with Crippen molar-refractivity contribution in [1.82, 2.24) is 15.0 Å². The summed E-state index contributed by atoms with van der Waals surface area (Å²) in [5, 5.41) is 15.9. The molecular weight excluding hydrogens is 148 g/mol. The maximum Gasteiger partial charge on any atom is 0.326 e. The molecule has 1 rings (SSSR count). The van der Waals surface area contributed by atoms with E-state index in [0.717, 1.165) is 0 Å². The van der Waals surface area contributed by atoms with E-state index in [1.807, 2.05) is 0 Å². The summed E-state index contributed by atoms with van der Waals surface area (Å²) >= 11 is 0. The monoisotopic (exact) mass is 156 g/mol. The topological polar surface area (TPSA) is 94.0 Å². The van der Waals surface area contributed by atoms with Gasteiger partial charge in [0.1, 0.15) is 11.7 Å². The Bertz CT molecular complexity index is 269. The van der Waals surface area contributed by atoms with E-state index >= 15 is 0 Å². The Labute approximate surface area is 62.6 Å². The lowest BCUT2D eigenvalue weighted by Gasteiger charge is -1.98. The molecule has 0 radical (unpaired) electrons. The molecule has 1 aromatic heterocycles. The molecule has 0 saturated carbocycles. The van der Waals surface area contributed by atoms with E-state index < -0.39 is 12.0 Å². The van der Waals surface area contributed by atoms with Crippen LogP contribution in [-0.4, -0.2) is 26.1 Å². The third-order valence-electron chi connectivity index (χ3n) is 1.20. The van der Waals surface area contributed by atoms with Gasteiger partial charge in [-0.3, -0.25) is 4.79 Å². The van der Waals surface area contributed by atoms with Gasteiger partial charge in [0, 0.05) is 7.05 Å². The predicted octanol–water partition coefficient (Wildman–Crippen LogP) is -1.10. The van der Waals surface area contributed by atoms with Gasteiger partial charge < -0.3 is 10.8 Å². The number of rotatable bonds is 2. The van der Waals surface area contributed by atoms with E-state index in [9.17, 15) is 4.79 Å². The average Bonchev–Trinajstić information content (AvgIpc) is 2.34. The second-order valence-electron chi connectivity index (χ2n) is 2.07. The highest BCUT2D eigenvalue weighted by molar-refractivity contribution is 5.74. The van der Waals surface area contributed by atoms with Crippen LogP contribution >= 0.6 is 0 Å². The zero-order chi connectivity index (χ0) is 8.43. The molecule has 1 atom stereocenters. The second-order valence-corrected chi connectivity index (χ2v) is 2.07. The van der Waals surface area contributed by atoms with Gasteiger partial charge in [-0.15, -0.1) is 0 Å². The summed E-state index contributed by atoms with van der Waals surface area (Å²) in [7, 11) is 1.60. The van der Waals surface area contributed by atoms with Gasteiger partial charge in [-0.1, -0.05) is 0 Å². The Morgan fingerprint density at radius 1 is 1.91 bits per heavy atom. The van der Waals surface area contributed by atoms with Crippen LogP contribution in [0.5, 0.6) is 0 Å². The van der Waals surface area contributed by atoms with Crippen molar-refractivity contribution < 1.29 is 9.90 Å². The van der Waals surface area contributed by atoms with Crippen molar-refractivity contribution in [3.8, 4) is 0 Å². The summed E-state index contributed by atoms with van der Waals surface area (Å²) in [5.74, 6) is -1.11. The summed E-state index contributed by atoms with van der Waals surface area (Å²) in [6.07, 6.45) is 1.33. The lowest BCUT2D eigenvalue weighted by atomic mass is 10.2. The largest absolute Gasteiger partial charge is 0.480 e. The quantitative estimate of drug-likeness (QED) is 0.566. The number of hydrogen-bond donors (Lipinski definition) is 2. The number of carbonyl (C=O) groups is 1. The van der Waals surface area contributed by atoms with E-state index in [4.69, 9.17) is 10.8 Å². The number of nitrogens with zero attached hydrogens (tertiary/aromatic N) is 3. The number of aliphatic carboxylic acids is 1. The molecule has 0 aliphatic rings. The first kappa shape index (κ1) is 7.67. The molecule has 11 heavy (non-hydrogen) atoms. The lowest BCUT2D eigenvalue weighted by Crippen LogP contribution is -2.21. The molecule has 6 nitrogen and oxygen atoms in total. The highest BCUT2D eigenvalue weighted by atomic mass is 16.4. The van der Waals surface area contributed by atoms with Crippen molar-refractivity contribution in [3.63, 3.8) is 0 Å². The molecule has 0 bridgehead atoms. The number of nitrogens with two attached hydrogens (primary N) is 1. The Kier molecular flexibility index (Phi) is 1.86. The van der Waals surface area contributed by atoms with Crippen LogP contribution in [0.15, 0.2) is 6.20 Å². The SMILES string of the molecule is Cn1ncc(C(N)C(=O)O)n1. The van der Waals surface area contributed by atoms with E-state index in [1.165, 1.54) is 11.0 Å². The van der Waals surface area contributed by atoms with Gasteiger partial charge in [0.05, 0.1) is 6.20 Å². The molecule has 0 aromatic carbocycles. The summed E-state index contributed by atoms with van der Waals surface area (Å²) in [6.45, 7) is 0. The van der Waals surface area contributed by atoms with Crippen LogP contribution in [0.4, 0.5) is 0 Å². The first-order valence-electron chi connectivity index (χ1n) is 2.96. The Morgan fingerprint density at radius 3 is 2.91 bits per heavy atom. The van der Waals surface area contributed by atoms with Crippen LogP contribution in [0.2, 0.25) is 0 Å². The maximum atomic E-state index is 10.3. The zero-order valence-corrected chi connectivity index (χ0v) is 5.93. The highest BCUT2D eigenvalue weighted by Crippen LogP contribution is 2.03. The van der Waals surface area contributed by atoms with E-state index in [-0.39, 0.29) is 5.69 Å². The van der Waals surface area contributed by atoms with Crippen LogP contribution in [0.3, 0.4) is 0 Å². The number of aryl methyl sites for hydroxylation is 1. The van der Waals surface area contributed by atoms with Crippen molar-refractivity contribution in [1.29, 1.82) is 0 Å². The lowest BCUT2D eigenvalue weighted by molar-refractivity contribution is -0.138. The number of carboxylic acid groups (broad SMARTS) is 1. The molecule has 6 heteroatoms. The van der Waals surface area contributed by atoms with Gasteiger partial charge in [0.25, 0.3) is 0 Å². The summed E-state index contributed by atoms with van der Waals surface area (Å²) < 4.78 is 0. The molecule has 0 fully saturated rings. The minimum atomic E-state index is -1.11. The Balaban J connectivity index is 2.84. The summed E-state index contributed by atoms with van der Waals surface area (Å²) in [6, 6.07) is -1.08. The zero-order valence-electron chi connectivity index (χ0n) is 5.93. The molecule has 0 amide bonds. The third kappa shape index (κ3) is 1.53. The first-order valence-corrected chi connectivity index (χ1v) is 2.96. The number of carboxylic acids is 1. The van der Waals surface area contributed by atoms with Crippen LogP contribution in [0.25, 0.3) is 0 Å². The molecule has 1 unspecified atom stereocenters. The fourth-order valence-electron chi connectivity index (χ4n) is 0.630. The molecule has 3 N–H and O–H groups in total. The fraction of sp³-hybridized carbons (Fsp3) is 0.400. The van der Waals surface area contributed by atoms with Gasteiger partial charge in [-0.25, -0.2) is 0 Å². The third-order valence-corrected chi connectivity index (χ3v) is 1.20. The molecule has 1 heterocycles. The first-order chi connectivity index (χ1) is 5.11. The Morgan fingerprint density at radius 2 is 2.55 bits per heavy atom. The van der Waals surface area contributed by atoms with Crippen LogP contribution < -0.4 is 5.73 Å². The van der Waals surface area contributed by atoms with Gasteiger partial charge in [-0.05, 0) is 0 Å². The highest BCUT2D eigenvalue weighted by Gasteiger charge is 2.16. The van der Waals surface area contributed by atoms with Crippen molar-refractivity contribution in [2.75, 3.05) is 0 Å². The minimum absolute atomic E-state index is 0.264. The van der Waals surface area contributed by atoms with Crippen molar-refractivity contribution in [2.24, 2.45) is 12.8 Å². The molecule has 0 spiro atoms. The fourth-order valence-corrected chi connectivity index (χ4v) is 0.630. The number of aromatic nitrogens is 3. The van der Waals surface area contributed by atoms with Crippen molar-refractivity contribution in [2.45, 2.75) is 6.04 Å². The maximum absolute atomic E-state index is 10.3. The van der Waals surface area contributed by atoms with Gasteiger partial charge >= 0.3 is 5.97 Å². The van der Waals surface area contributed by atoms with E-state index in [1.54, 1.807) is 7.05 Å². The van der Waals surface area contributed by atoms with E-state index in [0.29, 0.717) is 0 Å². The molecule has 0 aliphatic carbocycles. The number of hydrogen-bond acceptors (Lipinski definition) is 4.